The summed E-state index contributed by atoms with van der Waals surface area (Å²) < 4.78 is 10.2. The summed E-state index contributed by atoms with van der Waals surface area (Å²) in [6.45, 7) is 0. The maximum atomic E-state index is 12.3. The number of rotatable bonds is 10. The van der Waals surface area contributed by atoms with E-state index in [9.17, 15) is 19.5 Å². The Balaban J connectivity index is 2.80. The van der Waals surface area contributed by atoms with Crippen molar-refractivity contribution in [1.29, 1.82) is 0 Å². The lowest BCUT2D eigenvalue weighted by Gasteiger charge is -2.19. The quantitative estimate of drug-likeness (QED) is 0.360. The number of ketones is 1. The number of carbonyl (C=O) groups excluding carboxylic acids is 2. The Morgan fingerprint density at radius 2 is 1.92 bits per heavy atom. The summed E-state index contributed by atoms with van der Waals surface area (Å²) in [5.41, 5.74) is 8.78. The van der Waals surface area contributed by atoms with Gasteiger partial charge in [-0.15, -0.1) is 0 Å². The van der Waals surface area contributed by atoms with Crippen LogP contribution in [-0.2, 0) is 19.1 Å². The number of amides is 1. The standard InChI is InChI=1S/C16H19N3O6/c1-24-12-6-3-10(4-7-12)14(25-2)15(21)19-13(16(22)23)8-5-11(20)9-18-17/h3-4,6-7,9,13-14H,5,8H2,1-2H3,(H,19,21)(H,22,23)/t13-,14-/m0/s1. The Bertz CT molecular complexity index is 667. The van der Waals surface area contributed by atoms with E-state index in [4.69, 9.17) is 15.0 Å². The minimum Gasteiger partial charge on any atom is -0.497 e. The van der Waals surface area contributed by atoms with Gasteiger partial charge in [0.15, 0.2) is 6.10 Å². The Hall–Kier alpha value is -3.03. The molecule has 0 saturated heterocycles. The fraction of sp³-hybridized carbons (Fsp3) is 0.375. The van der Waals surface area contributed by atoms with Crippen molar-refractivity contribution in [3.05, 3.63) is 35.4 Å². The van der Waals surface area contributed by atoms with E-state index >= 15 is 0 Å². The van der Waals surface area contributed by atoms with E-state index in [2.05, 4.69) is 10.1 Å². The van der Waals surface area contributed by atoms with E-state index in [1.807, 2.05) is 0 Å². The summed E-state index contributed by atoms with van der Waals surface area (Å²) in [6, 6.07) is 5.28. The SMILES string of the molecule is COc1ccc([C@H](OC)C(=O)N[C@@H](CCC(=O)C=[N+]=[N-])C(=O)O)cc1. The largest absolute Gasteiger partial charge is 0.497 e. The minimum atomic E-state index is -1.29. The predicted molar refractivity (Wildman–Crippen MR) is 86.2 cm³/mol. The first-order chi connectivity index (χ1) is 11.9. The Labute approximate surface area is 144 Å². The number of carbonyl (C=O) groups is 3. The van der Waals surface area contributed by atoms with Crippen LogP contribution in [0.4, 0.5) is 0 Å². The number of Topliss-reactive ketones (excluding diaryl/α,β-unsaturated/α-hetero) is 1. The highest BCUT2D eigenvalue weighted by Crippen LogP contribution is 2.20. The van der Waals surface area contributed by atoms with Crippen molar-refractivity contribution in [1.82, 2.24) is 5.32 Å². The summed E-state index contributed by atoms with van der Waals surface area (Å²) >= 11 is 0. The number of nitrogens with one attached hydrogen (secondary N) is 1. The van der Waals surface area contributed by atoms with Crippen molar-refractivity contribution in [2.24, 2.45) is 0 Å². The number of hydrogen-bond acceptors (Lipinski definition) is 5. The van der Waals surface area contributed by atoms with Gasteiger partial charge in [0.05, 0.1) is 7.11 Å². The summed E-state index contributed by atoms with van der Waals surface area (Å²) in [6.07, 6.45) is -0.676. The van der Waals surface area contributed by atoms with Gasteiger partial charge in [-0.1, -0.05) is 12.1 Å². The van der Waals surface area contributed by atoms with E-state index in [0.29, 0.717) is 17.5 Å². The maximum Gasteiger partial charge on any atom is 0.326 e. The fourth-order valence-electron chi connectivity index (χ4n) is 2.09. The predicted octanol–water partition coefficient (Wildman–Crippen LogP) is 0.602. The zero-order chi connectivity index (χ0) is 18.8. The molecule has 0 unspecified atom stereocenters. The van der Waals surface area contributed by atoms with Crippen LogP contribution in [-0.4, -0.2) is 54.0 Å². The maximum absolute atomic E-state index is 12.3. The van der Waals surface area contributed by atoms with Gasteiger partial charge in [-0.05, 0) is 24.1 Å². The van der Waals surface area contributed by atoms with Gasteiger partial charge in [0.2, 0.25) is 5.78 Å². The number of nitrogens with zero attached hydrogens (tertiary/aromatic N) is 2. The molecule has 1 aromatic carbocycles. The van der Waals surface area contributed by atoms with Gasteiger partial charge in [-0.3, -0.25) is 9.59 Å². The zero-order valence-electron chi connectivity index (χ0n) is 13.8. The molecule has 1 rings (SSSR count). The molecule has 0 fully saturated rings. The third-order valence-corrected chi connectivity index (χ3v) is 3.39. The molecule has 0 aliphatic rings. The van der Waals surface area contributed by atoms with Gasteiger partial charge in [0.1, 0.15) is 11.8 Å². The second-order valence-electron chi connectivity index (χ2n) is 5.04. The topological polar surface area (TPSA) is 138 Å². The highest BCUT2D eigenvalue weighted by atomic mass is 16.5. The molecule has 0 saturated carbocycles. The lowest BCUT2D eigenvalue weighted by Crippen LogP contribution is -2.43. The van der Waals surface area contributed by atoms with Gasteiger partial charge >= 0.3 is 12.2 Å². The second-order valence-corrected chi connectivity index (χ2v) is 5.04. The van der Waals surface area contributed by atoms with E-state index in [1.54, 1.807) is 24.3 Å². The lowest BCUT2D eigenvalue weighted by molar-refractivity contribution is -0.144. The van der Waals surface area contributed by atoms with Crippen LogP contribution in [0.15, 0.2) is 24.3 Å². The molecule has 1 amide bonds. The molecule has 0 bridgehead atoms. The minimum absolute atomic E-state index is 0.148. The van der Waals surface area contributed by atoms with Crippen LogP contribution in [0.3, 0.4) is 0 Å². The average molecular weight is 349 g/mol. The fourth-order valence-corrected chi connectivity index (χ4v) is 2.09. The van der Waals surface area contributed by atoms with E-state index < -0.39 is 29.8 Å². The number of hydrogen-bond donors (Lipinski definition) is 2. The van der Waals surface area contributed by atoms with Crippen molar-refractivity contribution in [2.45, 2.75) is 25.0 Å². The van der Waals surface area contributed by atoms with Gasteiger partial charge in [0.25, 0.3) is 5.91 Å². The smallest absolute Gasteiger partial charge is 0.326 e. The van der Waals surface area contributed by atoms with Crippen LogP contribution in [0.5, 0.6) is 5.75 Å². The molecular formula is C16H19N3O6. The molecule has 1 aromatic rings. The molecule has 25 heavy (non-hydrogen) atoms. The van der Waals surface area contributed by atoms with Gasteiger partial charge in [0, 0.05) is 13.5 Å². The van der Waals surface area contributed by atoms with E-state index in [-0.39, 0.29) is 12.8 Å². The molecule has 9 heteroatoms. The Kier molecular flexibility index (Phi) is 7.98. The summed E-state index contributed by atoms with van der Waals surface area (Å²) in [5, 5.41) is 11.5. The average Bonchev–Trinajstić information content (AvgIpc) is 2.59. The molecule has 2 N–H and O–H groups in total. The molecule has 0 aliphatic heterocycles. The third kappa shape index (κ3) is 6.17. The van der Waals surface area contributed by atoms with Crippen molar-refractivity contribution in [2.75, 3.05) is 14.2 Å². The number of aliphatic carboxylic acids is 1. The Morgan fingerprint density at radius 3 is 2.40 bits per heavy atom. The first-order valence-corrected chi connectivity index (χ1v) is 7.33. The molecule has 0 spiro atoms. The number of carboxylic acids is 1. The lowest BCUT2D eigenvalue weighted by atomic mass is 10.1. The van der Waals surface area contributed by atoms with Crippen molar-refractivity contribution in [3.8, 4) is 5.75 Å². The van der Waals surface area contributed by atoms with Gasteiger partial charge in [-0.2, -0.15) is 4.79 Å². The number of methoxy groups -OCH3 is 2. The summed E-state index contributed by atoms with van der Waals surface area (Å²) in [7, 11) is 2.83. The third-order valence-electron chi connectivity index (χ3n) is 3.39. The van der Waals surface area contributed by atoms with Crippen LogP contribution in [0.1, 0.15) is 24.5 Å². The molecule has 0 heterocycles. The van der Waals surface area contributed by atoms with Crippen LogP contribution in [0, 0.1) is 0 Å². The zero-order valence-corrected chi connectivity index (χ0v) is 13.8. The van der Waals surface area contributed by atoms with Crippen LogP contribution >= 0.6 is 0 Å². The molecule has 0 radical (unpaired) electrons. The molecule has 9 nitrogen and oxygen atoms in total. The second kappa shape index (κ2) is 9.96. The highest BCUT2D eigenvalue weighted by molar-refractivity contribution is 6.25. The number of carboxylic acid groups (broad SMARTS) is 1. The van der Waals surface area contributed by atoms with Crippen LogP contribution < -0.4 is 10.1 Å². The molecule has 2 atom stereocenters. The van der Waals surface area contributed by atoms with Crippen LogP contribution in [0.2, 0.25) is 0 Å². The van der Waals surface area contributed by atoms with Crippen LogP contribution in [0.25, 0.3) is 5.53 Å². The number of ether oxygens (including phenoxy) is 2. The van der Waals surface area contributed by atoms with Crippen molar-refractivity contribution in [3.63, 3.8) is 0 Å². The molecule has 0 aromatic heterocycles. The first kappa shape index (κ1) is 20.0. The first-order valence-electron chi connectivity index (χ1n) is 7.33. The normalized spacial score (nSPS) is 12.4. The highest BCUT2D eigenvalue weighted by Gasteiger charge is 2.27. The summed E-state index contributed by atoms with van der Waals surface area (Å²) in [5.74, 6) is -1.89. The number of benzene rings is 1. The Morgan fingerprint density at radius 1 is 1.28 bits per heavy atom. The summed E-state index contributed by atoms with van der Waals surface area (Å²) in [4.78, 5) is 37.5. The van der Waals surface area contributed by atoms with Gasteiger partial charge in [-0.25, -0.2) is 4.79 Å². The molecular weight excluding hydrogens is 330 g/mol. The van der Waals surface area contributed by atoms with E-state index in [0.717, 1.165) is 0 Å². The monoisotopic (exact) mass is 349 g/mol. The molecule has 134 valence electrons. The van der Waals surface area contributed by atoms with Crippen molar-refractivity contribution >= 4 is 23.9 Å². The van der Waals surface area contributed by atoms with Gasteiger partial charge < -0.3 is 25.4 Å². The molecule has 0 aliphatic carbocycles. The van der Waals surface area contributed by atoms with E-state index in [1.165, 1.54) is 14.2 Å². The van der Waals surface area contributed by atoms with Crippen molar-refractivity contribution < 1.29 is 33.8 Å².